The van der Waals surface area contributed by atoms with Crippen molar-refractivity contribution in [1.29, 1.82) is 0 Å². The summed E-state index contributed by atoms with van der Waals surface area (Å²) in [5.41, 5.74) is 0. The van der Waals surface area contributed by atoms with Gasteiger partial charge in [0.2, 0.25) is 0 Å². The van der Waals surface area contributed by atoms with E-state index in [-0.39, 0.29) is 6.15 Å². The molecule has 1 rings (SSSR count). The second-order valence-electron chi connectivity index (χ2n) is 3.57. The Morgan fingerprint density at radius 2 is 1.69 bits per heavy atom. The van der Waals surface area contributed by atoms with Crippen LogP contribution in [-0.2, 0) is 0 Å². The Morgan fingerprint density at radius 3 is 2.08 bits per heavy atom. The summed E-state index contributed by atoms with van der Waals surface area (Å²) in [6.07, 6.45) is -2.23. The molecule has 1 saturated heterocycles. The van der Waals surface area contributed by atoms with Gasteiger partial charge in [-0.15, -0.1) is 0 Å². The lowest BCUT2D eigenvalue weighted by atomic mass is 9.99. The summed E-state index contributed by atoms with van der Waals surface area (Å²) in [5.74, 6) is 0.592. The second kappa shape index (κ2) is 4.81. The zero-order valence-corrected chi connectivity index (χ0v) is 7.90. The van der Waals surface area contributed by atoms with E-state index in [4.69, 9.17) is 0 Å². The maximum atomic E-state index is 11.9. The third-order valence-corrected chi connectivity index (χ3v) is 2.28. The summed E-state index contributed by atoms with van der Waals surface area (Å²) in [6, 6.07) is 0. The highest BCUT2D eigenvalue weighted by atomic mass is 19.4. The molecule has 0 unspecified atom stereocenters. The molecule has 1 aliphatic heterocycles. The van der Waals surface area contributed by atoms with Crippen LogP contribution < -0.4 is 6.15 Å². The molecule has 80 valence electrons. The van der Waals surface area contributed by atoms with Crippen LogP contribution in [0.25, 0.3) is 0 Å². The quantitative estimate of drug-likeness (QED) is 0.702. The van der Waals surface area contributed by atoms with Crippen LogP contribution in [0.3, 0.4) is 0 Å². The minimum atomic E-state index is -4.03. The van der Waals surface area contributed by atoms with Crippen molar-refractivity contribution < 1.29 is 13.2 Å². The molecule has 0 amide bonds. The number of alkyl halides is 3. The molecule has 0 spiro atoms. The topological polar surface area (TPSA) is 38.2 Å². The van der Waals surface area contributed by atoms with Gasteiger partial charge in [0.15, 0.2) is 0 Å². The van der Waals surface area contributed by atoms with Crippen LogP contribution in [0.1, 0.15) is 19.8 Å². The first-order chi connectivity index (χ1) is 5.47. The lowest BCUT2D eigenvalue weighted by molar-refractivity contribution is -0.148. The number of rotatable bonds is 1. The van der Waals surface area contributed by atoms with E-state index < -0.39 is 12.7 Å². The Hall–Kier alpha value is -0.290. The van der Waals surface area contributed by atoms with E-state index in [0.29, 0.717) is 19.0 Å². The molecule has 0 saturated carbocycles. The summed E-state index contributed by atoms with van der Waals surface area (Å²) in [6.45, 7) is 2.55. The van der Waals surface area contributed by atoms with Crippen molar-refractivity contribution in [2.45, 2.75) is 25.9 Å². The van der Waals surface area contributed by atoms with E-state index >= 15 is 0 Å². The van der Waals surface area contributed by atoms with E-state index in [1.807, 2.05) is 0 Å². The third-order valence-electron chi connectivity index (χ3n) is 2.28. The fraction of sp³-hybridized carbons (Fsp3) is 1.00. The molecule has 0 aromatic heterocycles. The largest absolute Gasteiger partial charge is 0.401 e. The fourth-order valence-electron chi connectivity index (χ4n) is 1.47. The second-order valence-corrected chi connectivity index (χ2v) is 3.57. The van der Waals surface area contributed by atoms with E-state index in [1.54, 1.807) is 0 Å². The van der Waals surface area contributed by atoms with Gasteiger partial charge in [0.1, 0.15) is 0 Å². The van der Waals surface area contributed by atoms with Crippen LogP contribution in [0.2, 0.25) is 0 Å². The molecule has 1 fully saturated rings. The van der Waals surface area contributed by atoms with Gasteiger partial charge in [-0.05, 0) is 31.8 Å². The zero-order valence-electron chi connectivity index (χ0n) is 7.90. The summed E-state index contributed by atoms with van der Waals surface area (Å²) in [7, 11) is 0. The first-order valence-corrected chi connectivity index (χ1v) is 4.26. The van der Waals surface area contributed by atoms with Crippen LogP contribution in [0.4, 0.5) is 13.2 Å². The summed E-state index contributed by atoms with van der Waals surface area (Å²) < 4.78 is 35.7. The molecule has 0 radical (unpaired) electrons. The molecule has 13 heavy (non-hydrogen) atoms. The minimum Gasteiger partial charge on any atom is -0.344 e. The van der Waals surface area contributed by atoms with Gasteiger partial charge < -0.3 is 6.15 Å². The van der Waals surface area contributed by atoms with Crippen LogP contribution in [0, 0.1) is 5.92 Å². The molecule has 3 N–H and O–H groups in total. The fourth-order valence-corrected chi connectivity index (χ4v) is 1.47. The normalized spacial score (nSPS) is 21.2. The third kappa shape index (κ3) is 5.10. The van der Waals surface area contributed by atoms with Crippen molar-refractivity contribution >= 4 is 0 Å². The Balaban J connectivity index is 0.00000144. The number of halogens is 3. The number of likely N-dealkylation sites (tertiary alicyclic amines) is 1. The molecular weight excluding hydrogens is 181 g/mol. The average Bonchev–Trinajstić information content (AvgIpc) is 1.91. The molecule has 0 aliphatic carbocycles. The SMILES string of the molecule is CC1CCN(CC(F)(F)F)CC1.N. The Bertz CT molecular complexity index is 139. The lowest BCUT2D eigenvalue weighted by Gasteiger charge is -2.30. The molecular formula is C8H17F3N2. The van der Waals surface area contributed by atoms with Gasteiger partial charge in [-0.2, -0.15) is 13.2 Å². The van der Waals surface area contributed by atoms with Crippen molar-refractivity contribution in [1.82, 2.24) is 11.1 Å². The summed E-state index contributed by atoms with van der Waals surface area (Å²) in [4.78, 5) is 1.49. The minimum absolute atomic E-state index is 0. The van der Waals surface area contributed by atoms with Gasteiger partial charge in [0.25, 0.3) is 0 Å². The van der Waals surface area contributed by atoms with Crippen LogP contribution >= 0.6 is 0 Å². The highest BCUT2D eigenvalue weighted by molar-refractivity contribution is 4.71. The molecule has 1 aliphatic rings. The van der Waals surface area contributed by atoms with Crippen molar-refractivity contribution in [3.63, 3.8) is 0 Å². The molecule has 0 atom stereocenters. The Kier molecular flexibility index (Phi) is 4.70. The number of nitrogens with zero attached hydrogens (tertiary/aromatic N) is 1. The molecule has 1 heterocycles. The number of hydrogen-bond acceptors (Lipinski definition) is 2. The Labute approximate surface area is 76.7 Å². The van der Waals surface area contributed by atoms with Gasteiger partial charge >= 0.3 is 6.18 Å². The van der Waals surface area contributed by atoms with Gasteiger partial charge in [-0.3, -0.25) is 4.90 Å². The first kappa shape index (κ1) is 12.7. The first-order valence-electron chi connectivity index (χ1n) is 4.26. The summed E-state index contributed by atoms with van der Waals surface area (Å²) in [5, 5.41) is 0. The highest BCUT2D eigenvalue weighted by Gasteiger charge is 2.31. The monoisotopic (exact) mass is 198 g/mol. The molecule has 0 aromatic rings. The smallest absolute Gasteiger partial charge is 0.344 e. The number of piperidine rings is 1. The predicted octanol–water partition coefficient (Wildman–Crippen LogP) is 2.44. The van der Waals surface area contributed by atoms with Gasteiger partial charge in [0.05, 0.1) is 6.54 Å². The van der Waals surface area contributed by atoms with Gasteiger partial charge in [-0.1, -0.05) is 6.92 Å². The standard InChI is InChI=1S/C8H14F3N.H3N/c1-7-2-4-12(5-3-7)6-8(9,10)11;/h7H,2-6H2,1H3;1H3. The van der Waals surface area contributed by atoms with Crippen LogP contribution in [0.15, 0.2) is 0 Å². The van der Waals surface area contributed by atoms with Crippen molar-refractivity contribution in [3.8, 4) is 0 Å². The van der Waals surface area contributed by atoms with Crippen molar-refractivity contribution in [2.24, 2.45) is 5.92 Å². The van der Waals surface area contributed by atoms with Gasteiger partial charge in [-0.25, -0.2) is 0 Å². The molecule has 5 heteroatoms. The Morgan fingerprint density at radius 1 is 1.23 bits per heavy atom. The zero-order chi connectivity index (χ0) is 9.19. The highest BCUT2D eigenvalue weighted by Crippen LogP contribution is 2.21. The maximum Gasteiger partial charge on any atom is 0.401 e. The molecule has 0 aromatic carbocycles. The van der Waals surface area contributed by atoms with E-state index in [1.165, 1.54) is 4.90 Å². The van der Waals surface area contributed by atoms with Gasteiger partial charge in [0, 0.05) is 0 Å². The van der Waals surface area contributed by atoms with E-state index in [0.717, 1.165) is 12.8 Å². The lowest BCUT2D eigenvalue weighted by Crippen LogP contribution is -2.39. The van der Waals surface area contributed by atoms with Crippen molar-refractivity contribution in [3.05, 3.63) is 0 Å². The maximum absolute atomic E-state index is 11.9. The van der Waals surface area contributed by atoms with Crippen LogP contribution in [-0.4, -0.2) is 30.7 Å². The van der Waals surface area contributed by atoms with Crippen molar-refractivity contribution in [2.75, 3.05) is 19.6 Å². The van der Waals surface area contributed by atoms with Crippen LogP contribution in [0.5, 0.6) is 0 Å². The number of hydrogen-bond donors (Lipinski definition) is 1. The van der Waals surface area contributed by atoms with E-state index in [2.05, 4.69) is 6.92 Å². The molecule has 0 bridgehead atoms. The summed E-state index contributed by atoms with van der Waals surface area (Å²) >= 11 is 0. The predicted molar refractivity (Wildman–Crippen MR) is 45.9 cm³/mol. The van der Waals surface area contributed by atoms with E-state index in [9.17, 15) is 13.2 Å². The average molecular weight is 198 g/mol. The molecule has 2 nitrogen and oxygen atoms in total.